The molecule has 0 amide bonds. The van der Waals surface area contributed by atoms with Crippen LogP contribution in [0.2, 0.25) is 0 Å². The fourth-order valence-electron chi connectivity index (χ4n) is 3.54. The van der Waals surface area contributed by atoms with Gasteiger partial charge in [0.25, 0.3) is 0 Å². The first-order valence-electron chi connectivity index (χ1n) is 8.97. The van der Waals surface area contributed by atoms with E-state index in [0.717, 1.165) is 36.8 Å². The lowest BCUT2D eigenvalue weighted by Crippen LogP contribution is -2.31. The second kappa shape index (κ2) is 6.70. The fourth-order valence-corrected chi connectivity index (χ4v) is 6.37. The summed E-state index contributed by atoms with van der Waals surface area (Å²) >= 11 is 0. The molecule has 0 aromatic heterocycles. The smallest absolute Gasteiger partial charge is 0.208 e. The Morgan fingerprint density at radius 1 is 0.926 bits per heavy atom. The quantitative estimate of drug-likeness (QED) is 0.799. The molecule has 0 aliphatic heterocycles. The maximum absolute atomic E-state index is 13.2. The molecular weight excluding hydrogens is 384 g/mol. The van der Waals surface area contributed by atoms with Crippen molar-refractivity contribution in [3.05, 3.63) is 59.7 Å². The lowest BCUT2D eigenvalue weighted by Gasteiger charge is -2.25. The lowest BCUT2D eigenvalue weighted by atomic mass is 10.1. The van der Waals surface area contributed by atoms with Gasteiger partial charge in [0.05, 0.1) is 15.8 Å². The van der Waals surface area contributed by atoms with Crippen LogP contribution in [0.5, 0.6) is 0 Å². The molecule has 0 heterocycles. The zero-order chi connectivity index (χ0) is 19.2. The van der Waals surface area contributed by atoms with E-state index in [1.807, 2.05) is 24.3 Å². The van der Waals surface area contributed by atoms with E-state index in [1.165, 1.54) is 28.6 Å². The Morgan fingerprint density at radius 3 is 2.37 bits per heavy atom. The Balaban J connectivity index is 1.65. The second-order valence-electron chi connectivity index (χ2n) is 7.14. The Hall–Kier alpha value is -1.74. The first-order valence-corrected chi connectivity index (χ1v) is 11.9. The van der Waals surface area contributed by atoms with Crippen LogP contribution < -0.4 is 4.72 Å². The van der Waals surface area contributed by atoms with Crippen LogP contribution in [0.15, 0.2) is 58.3 Å². The maximum atomic E-state index is 13.2. The van der Waals surface area contributed by atoms with E-state index in [2.05, 4.69) is 4.72 Å². The highest BCUT2D eigenvalue weighted by atomic mass is 32.2. The van der Waals surface area contributed by atoms with Crippen molar-refractivity contribution < 1.29 is 16.8 Å². The van der Waals surface area contributed by atoms with Crippen molar-refractivity contribution in [1.82, 2.24) is 9.03 Å². The van der Waals surface area contributed by atoms with E-state index in [-0.39, 0.29) is 21.9 Å². The van der Waals surface area contributed by atoms with Gasteiger partial charge in [-0.1, -0.05) is 30.3 Å². The minimum atomic E-state index is -3.82. The summed E-state index contributed by atoms with van der Waals surface area (Å²) in [7, 11) is -5.96. The molecule has 4 rings (SSSR count). The molecule has 1 fully saturated rings. The van der Waals surface area contributed by atoms with Crippen molar-refractivity contribution in [1.29, 1.82) is 0 Å². The number of hydrogen-bond donors (Lipinski definition) is 1. The summed E-state index contributed by atoms with van der Waals surface area (Å²) in [5.41, 5.74) is 2.18. The molecule has 1 saturated carbocycles. The van der Waals surface area contributed by atoms with Gasteiger partial charge >= 0.3 is 0 Å². The summed E-state index contributed by atoms with van der Waals surface area (Å²) in [6.07, 6.45) is 3.19. The number of nitrogens with one attached hydrogen (secondary N) is 1. The van der Waals surface area contributed by atoms with E-state index in [1.54, 1.807) is 7.05 Å². The van der Waals surface area contributed by atoms with Crippen LogP contribution >= 0.6 is 0 Å². The van der Waals surface area contributed by atoms with Crippen LogP contribution in [0.25, 0.3) is 0 Å². The van der Waals surface area contributed by atoms with Gasteiger partial charge in [-0.25, -0.2) is 21.6 Å². The molecule has 2 aliphatic carbocycles. The zero-order valence-corrected chi connectivity index (χ0v) is 16.6. The molecule has 144 valence electrons. The van der Waals surface area contributed by atoms with Crippen LogP contribution in [0.3, 0.4) is 0 Å². The zero-order valence-electron chi connectivity index (χ0n) is 15.0. The normalized spacial score (nSPS) is 20.0. The molecule has 2 aromatic carbocycles. The topological polar surface area (TPSA) is 83.6 Å². The molecule has 2 aliphatic rings. The second-order valence-corrected chi connectivity index (χ2v) is 10.9. The molecule has 1 atom stereocenters. The standard InChI is InChI=1S/C19H22N2O4S2/c1-21(19-12-9-14-5-2-3-8-18(14)19)27(24,25)17-7-4-6-16(13-17)26(22,23)20-15-10-11-15/h2-8,13,15,19-20H,9-12H2,1H3. The fraction of sp³-hybridized carbons (Fsp3) is 0.368. The average molecular weight is 407 g/mol. The summed E-state index contributed by atoms with van der Waals surface area (Å²) in [4.78, 5) is -0.0243. The van der Waals surface area contributed by atoms with Crippen LogP contribution in [0.1, 0.15) is 36.4 Å². The van der Waals surface area contributed by atoms with Gasteiger partial charge in [0.1, 0.15) is 0 Å². The van der Waals surface area contributed by atoms with E-state index < -0.39 is 20.0 Å². The molecule has 0 bridgehead atoms. The van der Waals surface area contributed by atoms with E-state index in [0.29, 0.717) is 0 Å². The van der Waals surface area contributed by atoms with Crippen molar-refractivity contribution >= 4 is 20.0 Å². The summed E-state index contributed by atoms with van der Waals surface area (Å²) in [6.45, 7) is 0. The van der Waals surface area contributed by atoms with Gasteiger partial charge in [0.2, 0.25) is 20.0 Å². The molecule has 1 N–H and O–H groups in total. The Kier molecular flexibility index (Phi) is 4.62. The van der Waals surface area contributed by atoms with Crippen molar-refractivity contribution in [2.75, 3.05) is 7.05 Å². The molecule has 0 spiro atoms. The van der Waals surface area contributed by atoms with Crippen molar-refractivity contribution in [3.8, 4) is 0 Å². The maximum Gasteiger partial charge on any atom is 0.243 e. The summed E-state index contributed by atoms with van der Waals surface area (Å²) < 4.78 is 55.1. The van der Waals surface area contributed by atoms with Gasteiger partial charge in [-0.2, -0.15) is 4.31 Å². The van der Waals surface area contributed by atoms with E-state index in [4.69, 9.17) is 0 Å². The third-order valence-corrected chi connectivity index (χ3v) is 8.61. The molecule has 1 unspecified atom stereocenters. The molecule has 6 nitrogen and oxygen atoms in total. The minimum absolute atomic E-state index is 0.00643. The van der Waals surface area contributed by atoms with Crippen LogP contribution in [-0.4, -0.2) is 34.2 Å². The predicted octanol–water partition coefficient (Wildman–Crippen LogP) is 2.44. The number of aryl methyl sites for hydroxylation is 1. The molecule has 8 heteroatoms. The average Bonchev–Trinajstić information content (AvgIpc) is 3.35. The molecule has 27 heavy (non-hydrogen) atoms. The number of sulfonamides is 2. The van der Waals surface area contributed by atoms with Crippen molar-refractivity contribution in [3.63, 3.8) is 0 Å². The SMILES string of the molecule is CN(C1CCc2ccccc21)S(=O)(=O)c1cccc(S(=O)(=O)NC2CC2)c1. The largest absolute Gasteiger partial charge is 0.243 e. The molecular formula is C19H22N2O4S2. The van der Waals surface area contributed by atoms with Crippen LogP contribution in [-0.2, 0) is 26.5 Å². The summed E-state index contributed by atoms with van der Waals surface area (Å²) in [5.74, 6) is 0. The van der Waals surface area contributed by atoms with Crippen molar-refractivity contribution in [2.45, 2.75) is 47.6 Å². The highest BCUT2D eigenvalue weighted by molar-refractivity contribution is 7.90. The predicted molar refractivity (Wildman–Crippen MR) is 102 cm³/mol. The van der Waals surface area contributed by atoms with Gasteiger partial charge in [-0.05, 0) is 55.0 Å². The van der Waals surface area contributed by atoms with E-state index in [9.17, 15) is 16.8 Å². The number of hydrogen-bond acceptors (Lipinski definition) is 4. The number of fused-ring (bicyclic) bond motifs is 1. The van der Waals surface area contributed by atoms with Gasteiger partial charge in [0.15, 0.2) is 0 Å². The highest BCUT2D eigenvalue weighted by Gasteiger charge is 2.34. The molecule has 2 aromatic rings. The number of rotatable bonds is 6. The van der Waals surface area contributed by atoms with Crippen LogP contribution in [0, 0.1) is 0 Å². The number of nitrogens with zero attached hydrogens (tertiary/aromatic N) is 1. The van der Waals surface area contributed by atoms with Gasteiger partial charge in [-0.15, -0.1) is 0 Å². The summed E-state index contributed by atoms with van der Waals surface area (Å²) in [6, 6.07) is 13.2. The Labute approximate surface area is 160 Å². The van der Waals surface area contributed by atoms with Crippen molar-refractivity contribution in [2.24, 2.45) is 0 Å². The van der Waals surface area contributed by atoms with E-state index >= 15 is 0 Å². The number of benzene rings is 2. The first kappa shape index (κ1) is 18.6. The molecule has 0 radical (unpaired) electrons. The first-order chi connectivity index (χ1) is 12.8. The summed E-state index contributed by atoms with van der Waals surface area (Å²) in [5, 5.41) is 0. The lowest BCUT2D eigenvalue weighted by molar-refractivity contribution is 0.374. The van der Waals surface area contributed by atoms with Crippen LogP contribution in [0.4, 0.5) is 0 Å². The van der Waals surface area contributed by atoms with Gasteiger partial charge in [-0.3, -0.25) is 0 Å². The minimum Gasteiger partial charge on any atom is -0.208 e. The Bertz CT molecular complexity index is 1080. The third-order valence-electron chi connectivity index (χ3n) is 5.23. The Morgan fingerprint density at radius 2 is 1.63 bits per heavy atom. The molecule has 0 saturated heterocycles. The van der Waals surface area contributed by atoms with Gasteiger partial charge < -0.3 is 0 Å². The highest BCUT2D eigenvalue weighted by Crippen LogP contribution is 2.37. The van der Waals surface area contributed by atoms with Gasteiger partial charge in [0, 0.05) is 13.1 Å². The monoisotopic (exact) mass is 406 g/mol. The third kappa shape index (κ3) is 3.54.